The summed E-state index contributed by atoms with van der Waals surface area (Å²) in [6.07, 6.45) is 7.50. The van der Waals surface area contributed by atoms with E-state index in [9.17, 15) is 24.5 Å². The first-order valence-corrected chi connectivity index (χ1v) is 9.69. The number of hydrogen-bond donors (Lipinski definition) is 1. The highest BCUT2D eigenvalue weighted by atomic mass is 16.6. The third-order valence-electron chi connectivity index (χ3n) is 4.49. The monoisotopic (exact) mass is 392 g/mol. The molecule has 0 fully saturated rings. The molecule has 0 radical (unpaired) electrons. The smallest absolute Gasteiger partial charge is 0.347 e. The summed E-state index contributed by atoms with van der Waals surface area (Å²) in [7, 11) is 0. The highest BCUT2D eigenvalue weighted by molar-refractivity contribution is 6.03. The second-order valence-electron chi connectivity index (χ2n) is 6.65. The van der Waals surface area contributed by atoms with Crippen LogP contribution < -0.4 is 5.32 Å². The highest BCUT2D eigenvalue weighted by Gasteiger charge is 2.25. The first kappa shape index (κ1) is 23.3. The number of nitrogens with zero attached hydrogens (tertiary/aromatic N) is 1. The molecule has 0 heterocycles. The van der Waals surface area contributed by atoms with Crippen LogP contribution in [0.25, 0.3) is 0 Å². The van der Waals surface area contributed by atoms with Crippen LogP contribution in [-0.4, -0.2) is 23.3 Å². The van der Waals surface area contributed by atoms with E-state index in [1.54, 1.807) is 0 Å². The fourth-order valence-electron chi connectivity index (χ4n) is 2.88. The molecule has 28 heavy (non-hydrogen) atoms. The van der Waals surface area contributed by atoms with Crippen LogP contribution in [-0.2, 0) is 14.3 Å². The summed E-state index contributed by atoms with van der Waals surface area (Å²) >= 11 is 0. The third-order valence-corrected chi connectivity index (χ3v) is 4.49. The Kier molecular flexibility index (Phi) is 10.5. The van der Waals surface area contributed by atoms with Gasteiger partial charge in [-0.1, -0.05) is 52.4 Å². The summed E-state index contributed by atoms with van der Waals surface area (Å²) in [6, 6.07) is 3.34. The van der Waals surface area contributed by atoms with Crippen molar-refractivity contribution in [3.05, 3.63) is 33.9 Å². The molecule has 0 aliphatic heterocycles. The van der Waals surface area contributed by atoms with Gasteiger partial charge in [-0.05, 0) is 18.9 Å². The Hall–Kier alpha value is -2.77. The molecule has 1 atom stereocenters. The number of nitrogens with one attached hydrogen (secondary N) is 1. The zero-order valence-corrected chi connectivity index (χ0v) is 16.4. The number of ether oxygens (including phenoxy) is 1. The van der Waals surface area contributed by atoms with Crippen molar-refractivity contribution in [1.82, 2.24) is 0 Å². The Morgan fingerprint density at radius 1 is 1.14 bits per heavy atom. The Labute approximate surface area is 164 Å². The first-order valence-electron chi connectivity index (χ1n) is 9.69. The molecule has 8 nitrogen and oxygen atoms in total. The largest absolute Gasteiger partial charge is 0.389 e. The van der Waals surface area contributed by atoms with Gasteiger partial charge in [-0.15, -0.1) is 0 Å². The SMILES string of the molecule is CCCCCCC(CCCC)C(=O)OC(=O)c1ccc([N+](=O)[O-])cc1NC=O. The van der Waals surface area contributed by atoms with Gasteiger partial charge in [0.1, 0.15) is 0 Å². The highest BCUT2D eigenvalue weighted by Crippen LogP contribution is 2.25. The van der Waals surface area contributed by atoms with Crippen LogP contribution in [0.4, 0.5) is 11.4 Å². The Morgan fingerprint density at radius 3 is 2.43 bits per heavy atom. The molecule has 1 aromatic carbocycles. The van der Waals surface area contributed by atoms with Crippen molar-refractivity contribution < 1.29 is 24.0 Å². The van der Waals surface area contributed by atoms with Gasteiger partial charge in [-0.3, -0.25) is 19.7 Å². The third kappa shape index (κ3) is 7.46. The van der Waals surface area contributed by atoms with E-state index in [1.165, 1.54) is 6.07 Å². The van der Waals surface area contributed by atoms with Gasteiger partial charge in [0.25, 0.3) is 5.69 Å². The van der Waals surface area contributed by atoms with Crippen LogP contribution in [0.2, 0.25) is 0 Å². The molecule has 0 aromatic heterocycles. The van der Waals surface area contributed by atoms with Crippen LogP contribution in [0.3, 0.4) is 0 Å². The van der Waals surface area contributed by atoms with E-state index in [0.717, 1.165) is 50.7 Å². The second-order valence-corrected chi connectivity index (χ2v) is 6.65. The van der Waals surface area contributed by atoms with E-state index >= 15 is 0 Å². The molecule has 1 aromatic rings. The lowest BCUT2D eigenvalue weighted by Gasteiger charge is -2.15. The first-order chi connectivity index (χ1) is 13.4. The van der Waals surface area contributed by atoms with Crippen LogP contribution in [0, 0.1) is 16.0 Å². The number of hydrogen-bond acceptors (Lipinski definition) is 6. The van der Waals surface area contributed by atoms with Crippen molar-refractivity contribution in [2.75, 3.05) is 5.32 Å². The molecule has 154 valence electrons. The van der Waals surface area contributed by atoms with Crippen LogP contribution >= 0.6 is 0 Å². The molecule has 8 heteroatoms. The minimum absolute atomic E-state index is 0.0740. The average molecular weight is 392 g/mol. The number of nitro benzene ring substituents is 1. The summed E-state index contributed by atoms with van der Waals surface area (Å²) in [5.41, 5.74) is -0.467. The van der Waals surface area contributed by atoms with Crippen molar-refractivity contribution >= 4 is 29.7 Å². The van der Waals surface area contributed by atoms with Gasteiger partial charge < -0.3 is 10.1 Å². The molecular weight excluding hydrogens is 364 g/mol. The molecule has 1 unspecified atom stereocenters. The fraction of sp³-hybridized carbons (Fsp3) is 0.550. The average Bonchev–Trinajstić information content (AvgIpc) is 2.67. The zero-order valence-electron chi connectivity index (χ0n) is 16.4. The summed E-state index contributed by atoms with van der Waals surface area (Å²) < 4.78 is 5.04. The molecule has 1 rings (SSSR count). The lowest BCUT2D eigenvalue weighted by atomic mass is 9.95. The fourth-order valence-corrected chi connectivity index (χ4v) is 2.88. The van der Waals surface area contributed by atoms with Gasteiger partial charge in [0.2, 0.25) is 6.41 Å². The lowest BCUT2D eigenvalue weighted by Crippen LogP contribution is -2.22. The summed E-state index contributed by atoms with van der Waals surface area (Å²) in [4.78, 5) is 45.9. The Balaban J connectivity index is 2.87. The van der Waals surface area contributed by atoms with Gasteiger partial charge in [0.05, 0.1) is 22.1 Å². The molecule has 0 saturated heterocycles. The summed E-state index contributed by atoms with van der Waals surface area (Å²) in [5, 5.41) is 13.1. The standard InChI is InChI=1S/C20H28N2O6/c1-3-5-7-8-10-15(9-6-4-2)19(24)28-20(25)17-12-11-16(22(26)27)13-18(17)21-14-23/h11-15H,3-10H2,1-2H3,(H,21,23). The van der Waals surface area contributed by atoms with Crippen LogP contribution in [0.15, 0.2) is 18.2 Å². The lowest BCUT2D eigenvalue weighted by molar-refractivity contribution is -0.384. The number of non-ortho nitro benzene ring substituents is 1. The molecule has 0 aliphatic carbocycles. The predicted molar refractivity (Wildman–Crippen MR) is 105 cm³/mol. The maximum atomic E-state index is 12.5. The maximum Gasteiger partial charge on any atom is 0.347 e. The van der Waals surface area contributed by atoms with E-state index in [4.69, 9.17) is 4.74 Å². The number of nitro groups is 1. The number of carbonyl (C=O) groups is 3. The molecule has 1 N–H and O–H groups in total. The van der Waals surface area contributed by atoms with Crippen LogP contribution in [0.5, 0.6) is 0 Å². The summed E-state index contributed by atoms with van der Waals surface area (Å²) in [5.74, 6) is -1.88. The van der Waals surface area contributed by atoms with Gasteiger partial charge in [-0.25, -0.2) is 4.79 Å². The van der Waals surface area contributed by atoms with E-state index in [2.05, 4.69) is 12.2 Å². The van der Waals surface area contributed by atoms with E-state index in [0.29, 0.717) is 19.3 Å². The Bertz CT molecular complexity index is 689. The number of esters is 2. The zero-order chi connectivity index (χ0) is 20.9. The van der Waals surface area contributed by atoms with Gasteiger partial charge in [0, 0.05) is 12.1 Å². The van der Waals surface area contributed by atoms with Gasteiger partial charge in [-0.2, -0.15) is 0 Å². The van der Waals surface area contributed by atoms with Crippen molar-refractivity contribution in [1.29, 1.82) is 0 Å². The van der Waals surface area contributed by atoms with Crippen molar-refractivity contribution in [2.45, 2.75) is 65.2 Å². The number of rotatable bonds is 13. The maximum absolute atomic E-state index is 12.5. The number of amides is 1. The minimum Gasteiger partial charge on any atom is -0.389 e. The molecule has 0 aliphatic rings. The number of carbonyl (C=O) groups excluding carboxylic acids is 3. The molecule has 0 saturated carbocycles. The summed E-state index contributed by atoms with van der Waals surface area (Å²) in [6.45, 7) is 4.13. The topological polar surface area (TPSA) is 116 Å². The molecule has 0 bridgehead atoms. The normalized spacial score (nSPS) is 11.5. The van der Waals surface area contributed by atoms with Crippen molar-refractivity contribution in [2.24, 2.45) is 5.92 Å². The van der Waals surface area contributed by atoms with E-state index < -0.39 is 16.9 Å². The predicted octanol–water partition coefficient (Wildman–Crippen LogP) is 4.62. The minimum atomic E-state index is -0.931. The quantitative estimate of drug-likeness (QED) is 0.131. The number of unbranched alkanes of at least 4 members (excludes halogenated alkanes) is 4. The second kappa shape index (κ2) is 12.6. The number of benzene rings is 1. The van der Waals surface area contributed by atoms with Crippen molar-refractivity contribution in [3.8, 4) is 0 Å². The number of anilines is 1. The van der Waals surface area contributed by atoms with Gasteiger partial charge in [0.15, 0.2) is 0 Å². The van der Waals surface area contributed by atoms with Crippen LogP contribution in [0.1, 0.15) is 75.6 Å². The van der Waals surface area contributed by atoms with Crippen molar-refractivity contribution in [3.63, 3.8) is 0 Å². The molecular formula is C20H28N2O6. The molecule has 1 amide bonds. The Morgan fingerprint density at radius 2 is 1.82 bits per heavy atom. The van der Waals surface area contributed by atoms with E-state index in [1.807, 2.05) is 6.92 Å². The van der Waals surface area contributed by atoms with Gasteiger partial charge >= 0.3 is 11.9 Å². The molecule has 0 spiro atoms. The van der Waals surface area contributed by atoms with E-state index in [-0.39, 0.29) is 22.9 Å².